The summed E-state index contributed by atoms with van der Waals surface area (Å²) in [6, 6.07) is -0.517. The van der Waals surface area contributed by atoms with Crippen LogP contribution in [0.15, 0.2) is 0 Å². The van der Waals surface area contributed by atoms with Crippen molar-refractivity contribution in [3.8, 4) is 12.3 Å². The lowest BCUT2D eigenvalue weighted by Crippen LogP contribution is -2.40. The number of unbranched alkanes of at least 4 members (excludes halogenated alkanes) is 2. The van der Waals surface area contributed by atoms with E-state index in [1.807, 2.05) is 0 Å². The number of hydrogen-bond donors (Lipinski definition) is 2. The maximum atomic E-state index is 10.9. The van der Waals surface area contributed by atoms with Crippen molar-refractivity contribution in [2.75, 3.05) is 12.4 Å². The maximum Gasteiger partial charge on any atom is 0.321 e. The first-order valence-corrected chi connectivity index (χ1v) is 4.81. The lowest BCUT2D eigenvalue weighted by Gasteiger charge is -2.04. The fourth-order valence-electron chi connectivity index (χ4n) is 0.758. The van der Waals surface area contributed by atoms with Crippen LogP contribution in [-0.4, -0.2) is 24.4 Å². The van der Waals surface area contributed by atoms with Crippen LogP contribution in [0.3, 0.4) is 0 Å². The molecule has 2 N–H and O–H groups in total. The highest BCUT2D eigenvalue weighted by molar-refractivity contribution is 6.28. The molecule has 0 spiro atoms. The fourth-order valence-corrected chi connectivity index (χ4v) is 0.825. The molecule has 0 saturated carbocycles. The van der Waals surface area contributed by atoms with E-state index in [0.29, 0.717) is 13.0 Å². The van der Waals surface area contributed by atoms with Gasteiger partial charge in [-0.1, -0.05) is 0 Å². The largest absolute Gasteiger partial charge is 0.338 e. The van der Waals surface area contributed by atoms with Gasteiger partial charge in [0, 0.05) is 13.0 Å². The molecule has 0 aromatic carbocycles. The first-order chi connectivity index (χ1) is 6.70. The Bertz CT molecular complexity index is 235. The van der Waals surface area contributed by atoms with Crippen molar-refractivity contribution in [2.24, 2.45) is 0 Å². The van der Waals surface area contributed by atoms with Gasteiger partial charge in [0.05, 0.1) is 0 Å². The summed E-state index contributed by atoms with van der Waals surface area (Å²) in [5, 5.41) is 4.57. The second kappa shape index (κ2) is 8.39. The van der Waals surface area contributed by atoms with E-state index in [2.05, 4.69) is 16.6 Å². The van der Waals surface area contributed by atoms with Gasteiger partial charge in [-0.25, -0.2) is 4.79 Å². The van der Waals surface area contributed by atoms with Gasteiger partial charge < -0.3 is 5.32 Å². The summed E-state index contributed by atoms with van der Waals surface area (Å²) < 4.78 is 0. The van der Waals surface area contributed by atoms with Crippen LogP contribution in [0.25, 0.3) is 0 Å². The minimum Gasteiger partial charge on any atom is -0.338 e. The van der Waals surface area contributed by atoms with E-state index in [1.54, 1.807) is 0 Å². The van der Waals surface area contributed by atoms with E-state index >= 15 is 0 Å². The molecule has 0 unspecified atom stereocenters. The van der Waals surface area contributed by atoms with Crippen LogP contribution in [0, 0.1) is 12.3 Å². The van der Waals surface area contributed by atoms with Crippen molar-refractivity contribution >= 4 is 23.5 Å². The molecule has 0 aromatic rings. The monoisotopic (exact) mass is 216 g/mol. The van der Waals surface area contributed by atoms with Gasteiger partial charge in [-0.05, 0) is 12.8 Å². The van der Waals surface area contributed by atoms with E-state index in [-0.39, 0.29) is 5.88 Å². The number of carbonyl (C=O) groups is 2. The highest BCUT2D eigenvalue weighted by atomic mass is 35.5. The second-order valence-electron chi connectivity index (χ2n) is 2.60. The van der Waals surface area contributed by atoms with Crippen molar-refractivity contribution in [2.45, 2.75) is 19.3 Å². The van der Waals surface area contributed by atoms with E-state index in [1.165, 1.54) is 0 Å². The van der Waals surface area contributed by atoms with Crippen molar-refractivity contribution < 1.29 is 9.59 Å². The van der Waals surface area contributed by atoms with Crippen LogP contribution in [0.1, 0.15) is 19.3 Å². The number of amides is 3. The molecular formula is C9H13ClN2O2. The fraction of sp³-hybridized carbons (Fsp3) is 0.556. The average Bonchev–Trinajstić information content (AvgIpc) is 2.17. The molecule has 0 aliphatic heterocycles. The zero-order valence-corrected chi connectivity index (χ0v) is 8.56. The smallest absolute Gasteiger partial charge is 0.321 e. The van der Waals surface area contributed by atoms with Crippen LogP contribution in [-0.2, 0) is 4.79 Å². The number of halogens is 1. The minimum atomic E-state index is -0.517. The Morgan fingerprint density at radius 1 is 1.36 bits per heavy atom. The molecule has 0 fully saturated rings. The third-order valence-corrected chi connectivity index (χ3v) is 1.65. The summed E-state index contributed by atoms with van der Waals surface area (Å²) in [6.45, 7) is 0.503. The quantitative estimate of drug-likeness (QED) is 0.407. The van der Waals surface area contributed by atoms with Crippen LogP contribution < -0.4 is 10.6 Å². The molecule has 0 radical (unpaired) electrons. The lowest BCUT2D eigenvalue weighted by molar-refractivity contribution is -0.117. The first kappa shape index (κ1) is 12.8. The molecule has 0 rings (SSSR count). The third kappa shape index (κ3) is 7.44. The molecule has 4 nitrogen and oxygen atoms in total. The Kier molecular flexibility index (Phi) is 7.67. The molecule has 5 heteroatoms. The number of nitrogens with one attached hydrogen (secondary N) is 2. The topological polar surface area (TPSA) is 58.2 Å². The Hall–Kier alpha value is -1.21. The van der Waals surface area contributed by atoms with Crippen LogP contribution in [0.4, 0.5) is 4.79 Å². The van der Waals surface area contributed by atoms with Crippen molar-refractivity contribution in [3.63, 3.8) is 0 Å². The normalized spacial score (nSPS) is 8.86. The second-order valence-corrected chi connectivity index (χ2v) is 2.87. The van der Waals surface area contributed by atoms with Gasteiger partial charge in [-0.2, -0.15) is 0 Å². The summed E-state index contributed by atoms with van der Waals surface area (Å²) in [5.74, 6) is 1.77. The molecule has 0 aliphatic rings. The zero-order valence-electron chi connectivity index (χ0n) is 7.81. The van der Waals surface area contributed by atoms with Gasteiger partial charge in [0.1, 0.15) is 5.88 Å². The molecule has 3 amide bonds. The molecule has 14 heavy (non-hydrogen) atoms. The zero-order chi connectivity index (χ0) is 10.8. The average molecular weight is 217 g/mol. The summed E-state index contributed by atoms with van der Waals surface area (Å²) in [6.07, 6.45) is 7.40. The van der Waals surface area contributed by atoms with E-state index in [4.69, 9.17) is 18.0 Å². The minimum absolute atomic E-state index is 0.218. The maximum absolute atomic E-state index is 10.9. The summed E-state index contributed by atoms with van der Waals surface area (Å²) >= 11 is 5.18. The Morgan fingerprint density at radius 2 is 2.07 bits per heavy atom. The van der Waals surface area contributed by atoms with Crippen molar-refractivity contribution in [3.05, 3.63) is 0 Å². The summed E-state index contributed by atoms with van der Waals surface area (Å²) in [7, 11) is 0. The molecule has 0 aliphatic carbocycles. The van der Waals surface area contributed by atoms with Gasteiger partial charge in [-0.15, -0.1) is 23.9 Å². The number of rotatable bonds is 5. The molecule has 0 atom stereocenters. The standard InChI is InChI=1S/C9H13ClN2O2/c1-2-3-4-5-6-11-9(14)12-8(13)7-10/h1H,3-7H2,(H2,11,12,13,14). The van der Waals surface area contributed by atoms with Crippen molar-refractivity contribution in [1.82, 2.24) is 10.6 Å². The van der Waals surface area contributed by atoms with E-state index < -0.39 is 11.9 Å². The number of hydrogen-bond acceptors (Lipinski definition) is 2. The predicted octanol–water partition coefficient (Wildman–Crippen LogP) is 0.854. The molecule has 0 saturated heterocycles. The first-order valence-electron chi connectivity index (χ1n) is 4.27. The van der Waals surface area contributed by atoms with E-state index in [9.17, 15) is 9.59 Å². The number of urea groups is 1. The van der Waals surface area contributed by atoms with Gasteiger partial charge in [0.15, 0.2) is 0 Å². The summed E-state index contributed by atoms with van der Waals surface area (Å²) in [5.41, 5.74) is 0. The number of carbonyl (C=O) groups excluding carboxylic acids is 2. The van der Waals surface area contributed by atoms with Crippen LogP contribution in [0.5, 0.6) is 0 Å². The van der Waals surface area contributed by atoms with Gasteiger partial charge in [0.25, 0.3) is 0 Å². The highest BCUT2D eigenvalue weighted by Crippen LogP contribution is 1.90. The Labute approximate surface area is 88.4 Å². The SMILES string of the molecule is C#CCCCCNC(=O)NC(=O)CCl. The van der Waals surface area contributed by atoms with Crippen molar-refractivity contribution in [1.29, 1.82) is 0 Å². The number of alkyl halides is 1. The van der Waals surface area contributed by atoms with Gasteiger partial charge >= 0.3 is 6.03 Å². The molecule has 0 heterocycles. The lowest BCUT2D eigenvalue weighted by atomic mass is 10.2. The molecular weight excluding hydrogens is 204 g/mol. The molecule has 78 valence electrons. The third-order valence-electron chi connectivity index (χ3n) is 1.41. The number of imide groups is 1. The molecule has 0 bridgehead atoms. The predicted molar refractivity (Wildman–Crippen MR) is 54.9 cm³/mol. The van der Waals surface area contributed by atoms with E-state index in [0.717, 1.165) is 12.8 Å². The molecule has 0 aromatic heterocycles. The Balaban J connectivity index is 3.37. The summed E-state index contributed by atoms with van der Waals surface area (Å²) in [4.78, 5) is 21.5. The number of terminal acetylenes is 1. The highest BCUT2D eigenvalue weighted by Gasteiger charge is 2.03. The van der Waals surface area contributed by atoms with Crippen LogP contribution >= 0.6 is 11.6 Å². The van der Waals surface area contributed by atoms with Gasteiger partial charge in [0.2, 0.25) is 5.91 Å². The van der Waals surface area contributed by atoms with Crippen LogP contribution in [0.2, 0.25) is 0 Å². The Morgan fingerprint density at radius 3 is 2.64 bits per heavy atom. The van der Waals surface area contributed by atoms with Gasteiger partial charge in [-0.3, -0.25) is 10.1 Å².